The van der Waals surface area contributed by atoms with Crippen molar-refractivity contribution in [1.82, 2.24) is 0 Å². The van der Waals surface area contributed by atoms with Gasteiger partial charge in [0.05, 0.1) is 9.53 Å². The second-order valence-electron chi connectivity index (χ2n) is 5.26. The Morgan fingerprint density at radius 2 is 2.29 bits per heavy atom. The zero-order valence-corrected chi connectivity index (χ0v) is 11.9. The number of aldehydes is 1. The highest BCUT2D eigenvalue weighted by Crippen LogP contribution is 2.49. The van der Waals surface area contributed by atoms with Gasteiger partial charge in [-0.05, 0) is 19.4 Å². The summed E-state index contributed by atoms with van der Waals surface area (Å²) in [4.78, 5) is 22.7. The van der Waals surface area contributed by atoms with E-state index in [9.17, 15) is 14.7 Å². The van der Waals surface area contributed by atoms with E-state index in [0.717, 1.165) is 0 Å². The standard InChI is InChI=1S/C12H15IO4/c1-11(2,13)9-5-12(10(16)17-9)4-7(6-14)3-8(12)15/h4,6,8-9,15H,3,5H2,1-2H3/t8-,9+,12-/m0/s1. The van der Waals surface area contributed by atoms with Crippen LogP contribution >= 0.6 is 22.6 Å². The normalized spacial score (nSPS) is 37.2. The highest BCUT2D eigenvalue weighted by molar-refractivity contribution is 14.1. The molecule has 1 saturated heterocycles. The molecule has 0 unspecified atom stereocenters. The van der Waals surface area contributed by atoms with Gasteiger partial charge in [0.15, 0.2) is 0 Å². The Labute approximate surface area is 114 Å². The Morgan fingerprint density at radius 1 is 1.65 bits per heavy atom. The van der Waals surface area contributed by atoms with Crippen molar-refractivity contribution in [2.24, 2.45) is 5.41 Å². The van der Waals surface area contributed by atoms with E-state index in [2.05, 4.69) is 22.6 Å². The molecule has 5 heteroatoms. The zero-order valence-electron chi connectivity index (χ0n) is 9.77. The Hall–Kier alpha value is -0.430. The number of cyclic esters (lactones) is 1. The average molecular weight is 350 g/mol. The Balaban J connectivity index is 2.31. The minimum absolute atomic E-state index is 0.186. The quantitative estimate of drug-likeness (QED) is 0.354. The lowest BCUT2D eigenvalue weighted by atomic mass is 9.80. The van der Waals surface area contributed by atoms with E-state index in [0.29, 0.717) is 18.3 Å². The van der Waals surface area contributed by atoms with Crippen molar-refractivity contribution in [3.05, 3.63) is 11.6 Å². The molecule has 0 aromatic rings. The van der Waals surface area contributed by atoms with E-state index >= 15 is 0 Å². The summed E-state index contributed by atoms with van der Waals surface area (Å²) in [5.41, 5.74) is -0.509. The molecule has 4 nitrogen and oxygen atoms in total. The molecule has 1 fully saturated rings. The van der Waals surface area contributed by atoms with Crippen LogP contribution in [0.3, 0.4) is 0 Å². The molecule has 2 rings (SSSR count). The van der Waals surface area contributed by atoms with Gasteiger partial charge in [-0.2, -0.15) is 0 Å². The summed E-state index contributed by atoms with van der Waals surface area (Å²) in [7, 11) is 0. The van der Waals surface area contributed by atoms with Crippen LogP contribution < -0.4 is 0 Å². The second-order valence-corrected chi connectivity index (χ2v) is 8.04. The number of carbonyl (C=O) groups is 2. The summed E-state index contributed by atoms with van der Waals surface area (Å²) < 4.78 is 5.17. The monoisotopic (exact) mass is 350 g/mol. The predicted octanol–water partition coefficient (Wildman–Crippen LogP) is 1.39. The van der Waals surface area contributed by atoms with Crippen LogP contribution in [-0.4, -0.2) is 33.0 Å². The second kappa shape index (κ2) is 4.05. The van der Waals surface area contributed by atoms with Gasteiger partial charge >= 0.3 is 5.97 Å². The van der Waals surface area contributed by atoms with Gasteiger partial charge in [0.2, 0.25) is 0 Å². The molecule has 3 atom stereocenters. The van der Waals surface area contributed by atoms with Crippen molar-refractivity contribution in [3.63, 3.8) is 0 Å². The van der Waals surface area contributed by atoms with Crippen LogP contribution in [-0.2, 0) is 14.3 Å². The van der Waals surface area contributed by atoms with Crippen LogP contribution in [0, 0.1) is 5.41 Å². The molecule has 94 valence electrons. The van der Waals surface area contributed by atoms with Gasteiger partial charge in [-0.25, -0.2) is 0 Å². The van der Waals surface area contributed by atoms with Gasteiger partial charge < -0.3 is 9.84 Å². The van der Waals surface area contributed by atoms with E-state index < -0.39 is 17.5 Å². The summed E-state index contributed by atoms with van der Waals surface area (Å²) in [6, 6.07) is 0. The van der Waals surface area contributed by atoms with Gasteiger partial charge in [0.1, 0.15) is 17.8 Å². The number of esters is 1. The van der Waals surface area contributed by atoms with E-state index in [1.165, 1.54) is 0 Å². The number of rotatable bonds is 2. The highest BCUT2D eigenvalue weighted by Gasteiger charge is 2.57. The Bertz CT molecular complexity index is 396. The first-order valence-electron chi connectivity index (χ1n) is 5.54. The molecule has 0 radical (unpaired) electrons. The summed E-state index contributed by atoms with van der Waals surface area (Å²) in [6.07, 6.45) is 1.92. The van der Waals surface area contributed by atoms with Crippen molar-refractivity contribution in [1.29, 1.82) is 0 Å². The van der Waals surface area contributed by atoms with Crippen molar-refractivity contribution in [3.8, 4) is 0 Å². The van der Waals surface area contributed by atoms with Crippen molar-refractivity contribution < 1.29 is 19.4 Å². The van der Waals surface area contributed by atoms with Crippen molar-refractivity contribution in [2.45, 2.75) is 42.3 Å². The van der Waals surface area contributed by atoms with E-state index in [1.807, 2.05) is 13.8 Å². The van der Waals surface area contributed by atoms with Gasteiger partial charge in [0.25, 0.3) is 0 Å². The molecular formula is C12H15IO4. The number of halogens is 1. The summed E-state index contributed by atoms with van der Waals surface area (Å²) >= 11 is 2.23. The third kappa shape index (κ3) is 2.03. The fourth-order valence-electron chi connectivity index (χ4n) is 2.42. The average Bonchev–Trinajstić information content (AvgIpc) is 2.71. The maximum absolute atomic E-state index is 12.0. The maximum Gasteiger partial charge on any atom is 0.319 e. The first kappa shape index (κ1) is 13.0. The third-order valence-corrected chi connectivity index (χ3v) is 4.23. The minimum Gasteiger partial charge on any atom is -0.460 e. The van der Waals surface area contributed by atoms with Gasteiger partial charge in [0, 0.05) is 12.8 Å². The molecule has 1 aliphatic heterocycles. The fourth-order valence-corrected chi connectivity index (χ4v) is 2.76. The molecule has 2 aliphatic rings. The lowest BCUT2D eigenvalue weighted by molar-refractivity contribution is -0.150. The molecule has 0 bridgehead atoms. The van der Waals surface area contributed by atoms with Crippen LogP contribution in [0.2, 0.25) is 0 Å². The molecule has 0 aromatic heterocycles. The Morgan fingerprint density at radius 3 is 2.71 bits per heavy atom. The lowest BCUT2D eigenvalue weighted by Crippen LogP contribution is -2.35. The largest absolute Gasteiger partial charge is 0.460 e. The summed E-state index contributed by atoms with van der Waals surface area (Å²) in [5.74, 6) is -0.406. The first-order chi connectivity index (χ1) is 7.79. The molecule has 0 aromatic carbocycles. The number of alkyl halides is 1. The third-order valence-electron chi connectivity index (χ3n) is 3.54. The number of carbonyl (C=O) groups excluding carboxylic acids is 2. The van der Waals surface area contributed by atoms with Crippen LogP contribution in [0.15, 0.2) is 11.6 Å². The SMILES string of the molecule is CC(C)(I)[C@H]1C[C@]2(C=C(C=O)C[C@@H]2O)C(=O)O1. The predicted molar refractivity (Wildman–Crippen MR) is 69.8 cm³/mol. The van der Waals surface area contributed by atoms with Gasteiger partial charge in [-0.1, -0.05) is 28.7 Å². The number of hydrogen-bond donors (Lipinski definition) is 1. The van der Waals surface area contributed by atoms with Crippen LogP contribution in [0.1, 0.15) is 26.7 Å². The van der Waals surface area contributed by atoms with E-state index in [1.54, 1.807) is 6.08 Å². The topological polar surface area (TPSA) is 63.6 Å². The number of hydrogen-bond acceptors (Lipinski definition) is 4. The summed E-state index contributed by atoms with van der Waals surface area (Å²) in [6.45, 7) is 3.96. The number of aliphatic hydroxyl groups is 1. The molecule has 0 saturated carbocycles. The Kier molecular flexibility index (Phi) is 3.10. The van der Waals surface area contributed by atoms with Crippen molar-refractivity contribution >= 4 is 34.8 Å². The van der Waals surface area contributed by atoms with E-state index in [-0.39, 0.29) is 15.9 Å². The molecular weight excluding hydrogens is 335 g/mol. The molecule has 1 heterocycles. The summed E-state index contributed by atoms with van der Waals surface area (Å²) in [5, 5.41) is 10.0. The lowest BCUT2D eigenvalue weighted by Gasteiger charge is -2.25. The fraction of sp³-hybridized carbons (Fsp3) is 0.667. The number of aliphatic hydroxyl groups excluding tert-OH is 1. The van der Waals surface area contributed by atoms with Crippen LogP contribution in [0.4, 0.5) is 0 Å². The van der Waals surface area contributed by atoms with Gasteiger partial charge in [-0.3, -0.25) is 9.59 Å². The van der Waals surface area contributed by atoms with Crippen LogP contribution in [0.25, 0.3) is 0 Å². The van der Waals surface area contributed by atoms with Crippen molar-refractivity contribution in [2.75, 3.05) is 0 Å². The molecule has 0 amide bonds. The smallest absolute Gasteiger partial charge is 0.319 e. The molecule has 1 N–H and O–H groups in total. The molecule has 17 heavy (non-hydrogen) atoms. The minimum atomic E-state index is -0.997. The van der Waals surface area contributed by atoms with E-state index in [4.69, 9.17) is 4.74 Å². The number of ether oxygens (including phenoxy) is 1. The molecule has 1 spiro atoms. The molecule has 1 aliphatic carbocycles. The first-order valence-corrected chi connectivity index (χ1v) is 6.62. The van der Waals surface area contributed by atoms with Gasteiger partial charge in [-0.15, -0.1) is 0 Å². The highest BCUT2D eigenvalue weighted by atomic mass is 127. The zero-order chi connectivity index (χ0) is 12.8. The maximum atomic E-state index is 12.0. The van der Waals surface area contributed by atoms with Crippen LogP contribution in [0.5, 0.6) is 0 Å².